The van der Waals surface area contributed by atoms with E-state index in [4.69, 9.17) is 14.2 Å². The molecule has 0 saturated heterocycles. The number of benzene rings is 1. The summed E-state index contributed by atoms with van der Waals surface area (Å²) in [4.78, 5) is 23.7. The van der Waals surface area contributed by atoms with E-state index >= 15 is 0 Å². The lowest BCUT2D eigenvalue weighted by Crippen LogP contribution is -2.19. The first-order valence-corrected chi connectivity index (χ1v) is 7.17. The molecule has 22 heavy (non-hydrogen) atoms. The van der Waals surface area contributed by atoms with Gasteiger partial charge in [-0.3, -0.25) is 4.79 Å². The zero-order valence-corrected chi connectivity index (χ0v) is 13.5. The SMILES string of the molecule is CC(C)=C1Oc2c(ccc(OCC(=O)OC(C)C)c2C)C1=O. The number of carbonyl (C=O) groups excluding carboxylic acids is 2. The number of ketones is 1. The highest BCUT2D eigenvalue weighted by Gasteiger charge is 2.30. The predicted molar refractivity (Wildman–Crippen MR) is 81.2 cm³/mol. The van der Waals surface area contributed by atoms with Crippen molar-refractivity contribution in [1.82, 2.24) is 0 Å². The number of hydrogen-bond donors (Lipinski definition) is 0. The third-order valence-electron chi connectivity index (χ3n) is 3.18. The predicted octanol–water partition coefficient (Wildman–Crippen LogP) is 3.19. The molecule has 118 valence electrons. The van der Waals surface area contributed by atoms with Crippen LogP contribution >= 0.6 is 0 Å². The maximum absolute atomic E-state index is 12.2. The highest BCUT2D eigenvalue weighted by molar-refractivity contribution is 6.13. The van der Waals surface area contributed by atoms with Gasteiger partial charge in [0, 0.05) is 5.56 Å². The molecule has 0 amide bonds. The first kappa shape index (κ1) is 16.1. The highest BCUT2D eigenvalue weighted by atomic mass is 16.6. The molecule has 1 aliphatic heterocycles. The summed E-state index contributed by atoms with van der Waals surface area (Å²) in [7, 11) is 0. The summed E-state index contributed by atoms with van der Waals surface area (Å²) in [6, 6.07) is 3.33. The molecule has 1 aliphatic rings. The van der Waals surface area contributed by atoms with Gasteiger partial charge in [0.05, 0.1) is 11.7 Å². The Labute approximate surface area is 129 Å². The van der Waals surface area contributed by atoms with Gasteiger partial charge in [0.25, 0.3) is 0 Å². The highest BCUT2D eigenvalue weighted by Crippen LogP contribution is 2.39. The van der Waals surface area contributed by atoms with Crippen LogP contribution < -0.4 is 9.47 Å². The van der Waals surface area contributed by atoms with Crippen LogP contribution in [0.4, 0.5) is 0 Å². The van der Waals surface area contributed by atoms with E-state index in [1.165, 1.54) is 0 Å². The minimum absolute atomic E-state index is 0.121. The second-order valence-electron chi connectivity index (χ2n) is 5.65. The van der Waals surface area contributed by atoms with Gasteiger partial charge in [0.15, 0.2) is 12.4 Å². The molecule has 0 aliphatic carbocycles. The molecule has 0 fully saturated rings. The molecule has 0 atom stereocenters. The summed E-state index contributed by atoms with van der Waals surface area (Å²) in [6.07, 6.45) is -0.182. The van der Waals surface area contributed by atoms with E-state index < -0.39 is 5.97 Å². The maximum atomic E-state index is 12.2. The Morgan fingerprint density at radius 2 is 1.95 bits per heavy atom. The molecule has 0 N–H and O–H groups in total. The molecule has 1 aromatic rings. The van der Waals surface area contributed by atoms with E-state index in [0.717, 1.165) is 5.57 Å². The molecule has 0 unspecified atom stereocenters. The smallest absolute Gasteiger partial charge is 0.344 e. The van der Waals surface area contributed by atoms with Crippen LogP contribution in [0.5, 0.6) is 11.5 Å². The van der Waals surface area contributed by atoms with Crippen LogP contribution in [-0.2, 0) is 9.53 Å². The van der Waals surface area contributed by atoms with E-state index in [-0.39, 0.29) is 18.5 Å². The van der Waals surface area contributed by atoms with Crippen molar-refractivity contribution in [2.24, 2.45) is 0 Å². The standard InChI is InChI=1S/C17H20O5/c1-9(2)16-15(19)12-6-7-13(11(5)17(12)22-16)20-8-14(18)21-10(3)4/h6-7,10H,8H2,1-5H3. The third kappa shape index (κ3) is 3.13. The van der Waals surface area contributed by atoms with Gasteiger partial charge in [-0.2, -0.15) is 0 Å². The van der Waals surface area contributed by atoms with Crippen LogP contribution in [0.1, 0.15) is 43.6 Å². The van der Waals surface area contributed by atoms with Crippen molar-refractivity contribution in [1.29, 1.82) is 0 Å². The van der Waals surface area contributed by atoms with Crippen molar-refractivity contribution in [2.45, 2.75) is 40.7 Å². The van der Waals surface area contributed by atoms with Crippen molar-refractivity contribution in [3.63, 3.8) is 0 Å². The molecule has 2 rings (SSSR count). The van der Waals surface area contributed by atoms with Gasteiger partial charge in [-0.25, -0.2) is 4.79 Å². The van der Waals surface area contributed by atoms with Crippen molar-refractivity contribution >= 4 is 11.8 Å². The van der Waals surface area contributed by atoms with E-state index in [1.807, 2.05) is 13.8 Å². The number of fused-ring (bicyclic) bond motifs is 1. The van der Waals surface area contributed by atoms with Crippen LogP contribution in [0.2, 0.25) is 0 Å². The molecule has 0 bridgehead atoms. The van der Waals surface area contributed by atoms with Gasteiger partial charge in [-0.15, -0.1) is 0 Å². The molecule has 5 nitrogen and oxygen atoms in total. The van der Waals surface area contributed by atoms with Gasteiger partial charge >= 0.3 is 5.97 Å². The second-order valence-corrected chi connectivity index (χ2v) is 5.65. The Kier molecular flexibility index (Phi) is 4.54. The molecular formula is C17H20O5. The topological polar surface area (TPSA) is 61.8 Å². The van der Waals surface area contributed by atoms with E-state index in [2.05, 4.69) is 0 Å². The van der Waals surface area contributed by atoms with E-state index in [1.54, 1.807) is 32.9 Å². The number of esters is 1. The number of rotatable bonds is 4. The van der Waals surface area contributed by atoms with Crippen LogP contribution in [0.15, 0.2) is 23.5 Å². The summed E-state index contributed by atoms with van der Waals surface area (Å²) in [6.45, 7) is 8.82. The number of Topliss-reactive ketones (excluding diaryl/α,β-unsaturated/α-hetero) is 1. The molecular weight excluding hydrogens is 284 g/mol. The largest absolute Gasteiger partial charge is 0.481 e. The average molecular weight is 304 g/mol. The first-order chi connectivity index (χ1) is 10.3. The Morgan fingerprint density at radius 1 is 1.27 bits per heavy atom. The van der Waals surface area contributed by atoms with Gasteiger partial charge < -0.3 is 14.2 Å². The summed E-state index contributed by atoms with van der Waals surface area (Å²) in [5, 5.41) is 0. The van der Waals surface area contributed by atoms with Crippen LogP contribution in [0.25, 0.3) is 0 Å². The Morgan fingerprint density at radius 3 is 2.55 bits per heavy atom. The van der Waals surface area contributed by atoms with E-state index in [9.17, 15) is 9.59 Å². The fourth-order valence-corrected chi connectivity index (χ4v) is 2.17. The van der Waals surface area contributed by atoms with E-state index in [0.29, 0.717) is 28.4 Å². The van der Waals surface area contributed by atoms with Crippen molar-refractivity contribution < 1.29 is 23.8 Å². The third-order valence-corrected chi connectivity index (χ3v) is 3.18. The number of ether oxygens (including phenoxy) is 3. The quantitative estimate of drug-likeness (QED) is 0.631. The summed E-state index contributed by atoms with van der Waals surface area (Å²) in [5.41, 5.74) is 2.04. The summed E-state index contributed by atoms with van der Waals surface area (Å²) >= 11 is 0. The molecule has 5 heteroatoms. The minimum Gasteiger partial charge on any atom is -0.481 e. The Hall–Kier alpha value is -2.30. The lowest BCUT2D eigenvalue weighted by molar-refractivity contribution is -0.149. The van der Waals surface area contributed by atoms with Gasteiger partial charge in [-0.05, 0) is 52.3 Å². The fraction of sp³-hybridized carbons (Fsp3) is 0.412. The summed E-state index contributed by atoms with van der Waals surface area (Å²) in [5.74, 6) is 0.799. The van der Waals surface area contributed by atoms with Gasteiger partial charge in [0.1, 0.15) is 11.5 Å². The number of carbonyl (C=O) groups is 2. The molecule has 0 aromatic heterocycles. The van der Waals surface area contributed by atoms with Gasteiger partial charge in [-0.1, -0.05) is 0 Å². The first-order valence-electron chi connectivity index (χ1n) is 7.17. The molecule has 0 saturated carbocycles. The number of hydrogen-bond acceptors (Lipinski definition) is 5. The average Bonchev–Trinajstić information content (AvgIpc) is 2.76. The van der Waals surface area contributed by atoms with Crippen LogP contribution in [-0.4, -0.2) is 24.5 Å². The van der Waals surface area contributed by atoms with Gasteiger partial charge in [0.2, 0.25) is 5.78 Å². The van der Waals surface area contributed by atoms with Crippen molar-refractivity contribution in [3.8, 4) is 11.5 Å². The van der Waals surface area contributed by atoms with Crippen LogP contribution in [0, 0.1) is 6.92 Å². The minimum atomic E-state index is -0.433. The zero-order chi connectivity index (χ0) is 16.4. The zero-order valence-electron chi connectivity index (χ0n) is 13.5. The fourth-order valence-electron chi connectivity index (χ4n) is 2.17. The Bertz CT molecular complexity index is 651. The number of allylic oxidation sites excluding steroid dienone is 2. The second kappa shape index (κ2) is 6.22. The lowest BCUT2D eigenvalue weighted by Gasteiger charge is -2.12. The Balaban J connectivity index is 2.19. The molecule has 1 aromatic carbocycles. The van der Waals surface area contributed by atoms with Crippen molar-refractivity contribution in [2.75, 3.05) is 6.61 Å². The molecule has 1 heterocycles. The maximum Gasteiger partial charge on any atom is 0.344 e. The van der Waals surface area contributed by atoms with Crippen molar-refractivity contribution in [3.05, 3.63) is 34.6 Å². The molecule has 0 spiro atoms. The monoisotopic (exact) mass is 304 g/mol. The lowest BCUT2D eigenvalue weighted by atomic mass is 10.1. The molecule has 0 radical (unpaired) electrons. The normalized spacial score (nSPS) is 13.0. The summed E-state index contributed by atoms with van der Waals surface area (Å²) < 4.78 is 16.1. The van der Waals surface area contributed by atoms with Crippen LogP contribution in [0.3, 0.4) is 0 Å².